The third-order valence-corrected chi connectivity index (χ3v) is 3.85. The van der Waals surface area contributed by atoms with Crippen molar-refractivity contribution in [2.75, 3.05) is 6.54 Å². The highest BCUT2D eigenvalue weighted by atomic mass is 32.2. The maximum absolute atomic E-state index is 13.1. The van der Waals surface area contributed by atoms with E-state index < -0.39 is 22.8 Å². The fourth-order valence-electron chi connectivity index (χ4n) is 1.97. The van der Waals surface area contributed by atoms with Crippen LogP contribution in [-0.4, -0.2) is 20.6 Å². The maximum atomic E-state index is 13.1. The van der Waals surface area contributed by atoms with Crippen LogP contribution >= 0.6 is 0 Å². The molecule has 0 fully saturated rings. The van der Waals surface area contributed by atoms with Crippen LogP contribution in [0.1, 0.15) is 37.4 Å². The van der Waals surface area contributed by atoms with Crippen LogP contribution in [0.3, 0.4) is 0 Å². The van der Waals surface area contributed by atoms with Crippen molar-refractivity contribution in [2.24, 2.45) is 5.92 Å². The quantitative estimate of drug-likeness (QED) is 0.758. The highest BCUT2D eigenvalue weighted by molar-refractivity contribution is 7.80. The SMILES string of the molecule is Cc1ccc(C(NCCC(F)(F)S(=O)O)C(C)C)cc1. The number of halogens is 2. The average Bonchev–Trinajstić information content (AvgIpc) is 2.35. The molecule has 0 spiro atoms. The monoisotopic (exact) mass is 305 g/mol. The molecule has 2 atom stereocenters. The van der Waals surface area contributed by atoms with Crippen molar-refractivity contribution in [3.63, 3.8) is 0 Å². The van der Waals surface area contributed by atoms with Gasteiger partial charge in [0.2, 0.25) is 11.1 Å². The van der Waals surface area contributed by atoms with E-state index in [-0.39, 0.29) is 18.5 Å². The molecule has 0 bridgehead atoms. The van der Waals surface area contributed by atoms with Crippen molar-refractivity contribution in [1.29, 1.82) is 0 Å². The Labute approximate surface area is 121 Å². The van der Waals surface area contributed by atoms with Crippen LogP contribution in [0.5, 0.6) is 0 Å². The molecule has 2 N–H and O–H groups in total. The lowest BCUT2D eigenvalue weighted by Crippen LogP contribution is -2.32. The van der Waals surface area contributed by atoms with E-state index in [0.717, 1.165) is 11.1 Å². The van der Waals surface area contributed by atoms with Crippen molar-refractivity contribution in [3.05, 3.63) is 35.4 Å². The molecule has 0 heterocycles. The van der Waals surface area contributed by atoms with Gasteiger partial charge >= 0.3 is 5.25 Å². The Morgan fingerprint density at radius 1 is 1.30 bits per heavy atom. The number of hydrogen-bond acceptors (Lipinski definition) is 2. The average molecular weight is 305 g/mol. The van der Waals surface area contributed by atoms with Crippen LogP contribution in [0.4, 0.5) is 8.78 Å². The molecule has 0 saturated carbocycles. The summed E-state index contributed by atoms with van der Waals surface area (Å²) in [5.74, 6) is 0.228. The van der Waals surface area contributed by atoms with E-state index in [1.807, 2.05) is 45.0 Å². The van der Waals surface area contributed by atoms with Gasteiger partial charge in [-0.15, -0.1) is 0 Å². The summed E-state index contributed by atoms with van der Waals surface area (Å²) >= 11 is -3.12. The van der Waals surface area contributed by atoms with Gasteiger partial charge in [0.1, 0.15) is 0 Å². The van der Waals surface area contributed by atoms with Crippen LogP contribution in [0.15, 0.2) is 24.3 Å². The van der Waals surface area contributed by atoms with Crippen LogP contribution in [0, 0.1) is 12.8 Å². The number of nitrogens with one attached hydrogen (secondary N) is 1. The fourth-order valence-corrected chi connectivity index (χ4v) is 2.25. The normalized spacial score (nSPS) is 15.3. The lowest BCUT2D eigenvalue weighted by molar-refractivity contribution is 0.0788. The molecule has 1 rings (SSSR count). The zero-order valence-corrected chi connectivity index (χ0v) is 12.7. The first kappa shape index (κ1) is 17.2. The molecule has 6 heteroatoms. The summed E-state index contributed by atoms with van der Waals surface area (Å²) in [5, 5.41) is -0.527. The number of benzene rings is 1. The van der Waals surface area contributed by atoms with Crippen LogP contribution in [-0.2, 0) is 11.1 Å². The highest BCUT2D eigenvalue weighted by Gasteiger charge is 2.36. The topological polar surface area (TPSA) is 49.3 Å². The molecule has 0 saturated heterocycles. The van der Waals surface area contributed by atoms with Crippen molar-refractivity contribution in [2.45, 2.75) is 38.5 Å². The number of aryl methyl sites for hydroxylation is 1. The van der Waals surface area contributed by atoms with Gasteiger partial charge in [-0.25, -0.2) is 4.21 Å². The van der Waals surface area contributed by atoms with Crippen molar-refractivity contribution < 1.29 is 17.5 Å². The summed E-state index contributed by atoms with van der Waals surface area (Å²) in [6, 6.07) is 7.83. The Morgan fingerprint density at radius 3 is 2.30 bits per heavy atom. The first-order valence-electron chi connectivity index (χ1n) is 6.53. The van der Waals surface area contributed by atoms with E-state index >= 15 is 0 Å². The minimum Gasteiger partial charge on any atom is -0.309 e. The fraction of sp³-hybridized carbons (Fsp3) is 0.571. The molecule has 1 aromatic rings. The predicted octanol–water partition coefficient (Wildman–Crippen LogP) is 3.49. The van der Waals surface area contributed by atoms with E-state index in [1.54, 1.807) is 0 Å². The van der Waals surface area contributed by atoms with Gasteiger partial charge in [-0.05, 0) is 18.4 Å². The zero-order valence-electron chi connectivity index (χ0n) is 11.9. The van der Waals surface area contributed by atoms with Gasteiger partial charge in [0, 0.05) is 19.0 Å². The molecule has 0 amide bonds. The molecule has 0 aliphatic heterocycles. The number of hydrogen-bond donors (Lipinski definition) is 2. The van der Waals surface area contributed by atoms with Gasteiger partial charge in [0.15, 0.2) is 0 Å². The lowest BCUT2D eigenvalue weighted by atomic mass is 9.95. The molecular formula is C14H21F2NO2S. The Kier molecular flexibility index (Phi) is 6.23. The molecule has 2 unspecified atom stereocenters. The highest BCUT2D eigenvalue weighted by Crippen LogP contribution is 2.24. The van der Waals surface area contributed by atoms with E-state index in [9.17, 15) is 13.0 Å². The molecule has 1 aromatic carbocycles. The van der Waals surface area contributed by atoms with Gasteiger partial charge in [-0.1, -0.05) is 43.7 Å². The molecular weight excluding hydrogens is 284 g/mol. The third-order valence-electron chi connectivity index (χ3n) is 3.14. The molecule has 0 aliphatic rings. The van der Waals surface area contributed by atoms with Gasteiger partial charge in [0.25, 0.3) is 0 Å². The Morgan fingerprint density at radius 2 is 1.85 bits per heavy atom. The van der Waals surface area contributed by atoms with Crippen molar-refractivity contribution in [3.8, 4) is 0 Å². The Hall–Kier alpha value is -0.850. The van der Waals surface area contributed by atoms with Crippen molar-refractivity contribution >= 4 is 11.1 Å². The van der Waals surface area contributed by atoms with Gasteiger partial charge in [-0.2, -0.15) is 8.78 Å². The molecule has 0 radical (unpaired) electrons. The summed E-state index contributed by atoms with van der Waals surface area (Å²) in [7, 11) is 0. The van der Waals surface area contributed by atoms with Gasteiger partial charge in [0.05, 0.1) is 0 Å². The summed E-state index contributed by atoms with van der Waals surface area (Å²) < 4.78 is 45.1. The summed E-state index contributed by atoms with van der Waals surface area (Å²) in [4.78, 5) is 0. The predicted molar refractivity (Wildman–Crippen MR) is 77.1 cm³/mol. The standard InChI is InChI=1S/C14H21F2NO2S/c1-10(2)13(12-6-4-11(3)5-7-12)17-9-8-14(15,16)20(18)19/h4-7,10,13,17H,8-9H2,1-3H3,(H,18,19). The summed E-state index contributed by atoms with van der Waals surface area (Å²) in [6.45, 7) is 5.97. The van der Waals surface area contributed by atoms with E-state index in [0.29, 0.717) is 0 Å². The lowest BCUT2D eigenvalue weighted by Gasteiger charge is -2.24. The van der Waals surface area contributed by atoms with Crippen LogP contribution in [0.2, 0.25) is 0 Å². The van der Waals surface area contributed by atoms with Gasteiger partial charge in [-0.3, -0.25) is 0 Å². The first-order valence-corrected chi connectivity index (χ1v) is 7.63. The Bertz CT molecular complexity index is 449. The molecule has 3 nitrogen and oxygen atoms in total. The maximum Gasteiger partial charge on any atom is 0.346 e. The molecule has 20 heavy (non-hydrogen) atoms. The number of rotatable bonds is 7. The molecule has 114 valence electrons. The van der Waals surface area contributed by atoms with E-state index in [4.69, 9.17) is 4.55 Å². The number of alkyl halides is 2. The summed E-state index contributed by atoms with van der Waals surface area (Å²) in [6.07, 6.45) is -0.662. The minimum absolute atomic E-state index is 0.0178. The third kappa shape index (κ3) is 4.92. The zero-order chi connectivity index (χ0) is 15.3. The summed E-state index contributed by atoms with van der Waals surface area (Å²) in [5.41, 5.74) is 2.16. The second-order valence-electron chi connectivity index (χ2n) is 5.22. The van der Waals surface area contributed by atoms with E-state index in [1.165, 1.54) is 0 Å². The van der Waals surface area contributed by atoms with E-state index in [2.05, 4.69) is 5.32 Å². The second kappa shape index (κ2) is 7.24. The second-order valence-corrected chi connectivity index (χ2v) is 6.32. The first-order chi connectivity index (χ1) is 9.24. The smallest absolute Gasteiger partial charge is 0.309 e. The Balaban J connectivity index is 2.65. The minimum atomic E-state index is -3.57. The van der Waals surface area contributed by atoms with Crippen LogP contribution in [0.25, 0.3) is 0 Å². The molecule has 0 aromatic heterocycles. The largest absolute Gasteiger partial charge is 0.346 e. The molecule has 0 aliphatic carbocycles. The van der Waals surface area contributed by atoms with Crippen molar-refractivity contribution in [1.82, 2.24) is 5.32 Å². The van der Waals surface area contributed by atoms with Gasteiger partial charge < -0.3 is 9.87 Å². The van der Waals surface area contributed by atoms with Crippen LogP contribution < -0.4 is 5.32 Å².